The summed E-state index contributed by atoms with van der Waals surface area (Å²) in [7, 11) is 0. The average molecular weight is 363 g/mol. The van der Waals surface area contributed by atoms with Crippen molar-refractivity contribution in [2.24, 2.45) is 0 Å². The zero-order valence-electron chi connectivity index (χ0n) is 13.4. The van der Waals surface area contributed by atoms with Gasteiger partial charge in [-0.2, -0.15) is 0 Å². The second-order valence-electron chi connectivity index (χ2n) is 5.65. The lowest BCUT2D eigenvalue weighted by Crippen LogP contribution is -1.94. The number of benzene rings is 3. The molecule has 0 fully saturated rings. The Morgan fingerprint density at radius 2 is 1.40 bits per heavy atom. The lowest BCUT2D eigenvalue weighted by Gasteiger charge is -2.09. The van der Waals surface area contributed by atoms with Crippen molar-refractivity contribution in [2.45, 2.75) is 10.8 Å². The van der Waals surface area contributed by atoms with E-state index in [0.717, 1.165) is 43.4 Å². The molecule has 0 saturated heterocycles. The summed E-state index contributed by atoms with van der Waals surface area (Å²) in [4.78, 5) is 0. The zero-order valence-corrected chi connectivity index (χ0v) is 15.0. The van der Waals surface area contributed by atoms with Crippen LogP contribution in [0.1, 0.15) is 5.56 Å². The summed E-state index contributed by atoms with van der Waals surface area (Å²) in [6.45, 7) is 0. The monoisotopic (exact) mass is 362 g/mol. The highest BCUT2D eigenvalue weighted by atomic mass is 35.5. The molecule has 0 radical (unpaired) electrons. The molecule has 0 N–H and O–H groups in total. The van der Waals surface area contributed by atoms with Crippen LogP contribution in [0.3, 0.4) is 0 Å². The number of hydrogen-bond donors (Lipinski definition) is 0. The van der Waals surface area contributed by atoms with Gasteiger partial charge in [-0.05, 0) is 11.6 Å². The second kappa shape index (κ2) is 7.26. The smallest absolute Gasteiger partial charge is 0.127 e. The number of hydrogen-bond acceptors (Lipinski definition) is 3. The highest BCUT2D eigenvalue weighted by Gasteiger charge is 2.11. The van der Waals surface area contributed by atoms with E-state index in [9.17, 15) is 0 Å². The van der Waals surface area contributed by atoms with E-state index in [1.807, 2.05) is 54.6 Å². The summed E-state index contributed by atoms with van der Waals surface area (Å²) in [5, 5.41) is 13.0. The molecule has 2 nitrogen and oxygen atoms in total. The average Bonchev–Trinajstić information content (AvgIpc) is 2.68. The zero-order chi connectivity index (χ0) is 17.1. The van der Waals surface area contributed by atoms with Crippen LogP contribution in [0.25, 0.3) is 22.0 Å². The molecule has 0 aliphatic rings. The normalized spacial score (nSPS) is 10.9. The van der Waals surface area contributed by atoms with Gasteiger partial charge in [0, 0.05) is 27.1 Å². The van der Waals surface area contributed by atoms with E-state index in [2.05, 4.69) is 34.5 Å². The number of aromatic nitrogens is 2. The van der Waals surface area contributed by atoms with Gasteiger partial charge in [0.1, 0.15) is 10.7 Å². The van der Waals surface area contributed by atoms with Crippen molar-refractivity contribution < 1.29 is 0 Å². The predicted molar refractivity (Wildman–Crippen MR) is 106 cm³/mol. The molecule has 0 bridgehead atoms. The number of nitrogens with zero attached hydrogens (tertiary/aromatic N) is 2. The number of rotatable bonds is 4. The molecule has 4 rings (SSSR count). The van der Waals surface area contributed by atoms with Crippen LogP contribution in [0, 0.1) is 0 Å². The van der Waals surface area contributed by atoms with Gasteiger partial charge in [0.25, 0.3) is 0 Å². The van der Waals surface area contributed by atoms with Gasteiger partial charge >= 0.3 is 0 Å². The fraction of sp³-hybridized carbons (Fsp3) is 0.0476. The maximum atomic E-state index is 6.26. The molecule has 3 aromatic carbocycles. The topological polar surface area (TPSA) is 25.8 Å². The Labute approximate surface area is 155 Å². The SMILES string of the molecule is Clc1ccccc1CSc1nnc(-c2ccccc2)c2ccccc12. The van der Waals surface area contributed by atoms with Gasteiger partial charge in [-0.1, -0.05) is 96.2 Å². The summed E-state index contributed by atoms with van der Waals surface area (Å²) in [5.74, 6) is 0.767. The highest BCUT2D eigenvalue weighted by Crippen LogP contribution is 2.33. The van der Waals surface area contributed by atoms with E-state index in [0.29, 0.717) is 0 Å². The molecule has 25 heavy (non-hydrogen) atoms. The van der Waals surface area contributed by atoms with Crippen molar-refractivity contribution in [1.82, 2.24) is 10.2 Å². The molecular weight excluding hydrogens is 348 g/mol. The molecular formula is C21H15ClN2S. The number of thioether (sulfide) groups is 1. The van der Waals surface area contributed by atoms with Gasteiger partial charge in [0.15, 0.2) is 0 Å². The Kier molecular flexibility index (Phi) is 4.68. The van der Waals surface area contributed by atoms with Crippen LogP contribution < -0.4 is 0 Å². The quantitative estimate of drug-likeness (QED) is 0.402. The van der Waals surface area contributed by atoms with Gasteiger partial charge in [-0.25, -0.2) is 0 Å². The molecule has 0 saturated carbocycles. The van der Waals surface area contributed by atoms with Crippen LogP contribution in [0.4, 0.5) is 0 Å². The lowest BCUT2D eigenvalue weighted by molar-refractivity contribution is 0.961. The Bertz CT molecular complexity index is 1020. The third kappa shape index (κ3) is 3.39. The number of halogens is 1. The Morgan fingerprint density at radius 3 is 2.20 bits per heavy atom. The summed E-state index contributed by atoms with van der Waals surface area (Å²) < 4.78 is 0. The summed E-state index contributed by atoms with van der Waals surface area (Å²) >= 11 is 7.93. The summed E-state index contributed by atoms with van der Waals surface area (Å²) in [6, 6.07) is 26.4. The van der Waals surface area contributed by atoms with Crippen LogP contribution in [0.5, 0.6) is 0 Å². The molecule has 0 aliphatic heterocycles. The first-order valence-corrected chi connectivity index (χ1v) is 9.36. The van der Waals surface area contributed by atoms with Crippen LogP contribution >= 0.6 is 23.4 Å². The molecule has 0 spiro atoms. The minimum atomic E-state index is 0.767. The molecule has 0 aliphatic carbocycles. The predicted octanol–water partition coefficient (Wildman–Crippen LogP) is 6.24. The molecule has 122 valence electrons. The van der Waals surface area contributed by atoms with Crippen molar-refractivity contribution in [1.29, 1.82) is 0 Å². The molecule has 1 aromatic heterocycles. The van der Waals surface area contributed by atoms with E-state index >= 15 is 0 Å². The van der Waals surface area contributed by atoms with Crippen LogP contribution in [-0.4, -0.2) is 10.2 Å². The summed E-state index contributed by atoms with van der Waals surface area (Å²) in [6.07, 6.45) is 0. The van der Waals surface area contributed by atoms with Crippen LogP contribution in [0.2, 0.25) is 5.02 Å². The van der Waals surface area contributed by atoms with Gasteiger partial charge in [0.05, 0.1) is 0 Å². The van der Waals surface area contributed by atoms with Gasteiger partial charge in [-0.15, -0.1) is 10.2 Å². The fourth-order valence-electron chi connectivity index (χ4n) is 2.76. The maximum Gasteiger partial charge on any atom is 0.127 e. The second-order valence-corrected chi connectivity index (χ2v) is 7.02. The minimum absolute atomic E-state index is 0.767. The van der Waals surface area contributed by atoms with Gasteiger partial charge in [-0.3, -0.25) is 0 Å². The van der Waals surface area contributed by atoms with Crippen molar-refractivity contribution in [3.63, 3.8) is 0 Å². The maximum absolute atomic E-state index is 6.26. The Morgan fingerprint density at radius 1 is 0.720 bits per heavy atom. The first kappa shape index (κ1) is 16.1. The number of fused-ring (bicyclic) bond motifs is 1. The largest absolute Gasteiger partial charge is 0.149 e. The molecule has 0 unspecified atom stereocenters. The first-order chi connectivity index (χ1) is 12.3. The molecule has 0 amide bonds. The van der Waals surface area contributed by atoms with Crippen LogP contribution in [0.15, 0.2) is 83.9 Å². The molecule has 4 heteroatoms. The van der Waals surface area contributed by atoms with E-state index < -0.39 is 0 Å². The Balaban J connectivity index is 1.73. The fourth-order valence-corrected chi connectivity index (χ4v) is 4.01. The molecule has 0 atom stereocenters. The van der Waals surface area contributed by atoms with Crippen molar-refractivity contribution in [3.05, 3.63) is 89.4 Å². The first-order valence-electron chi connectivity index (χ1n) is 8.00. The van der Waals surface area contributed by atoms with E-state index in [1.54, 1.807) is 11.8 Å². The Hall–Kier alpha value is -2.36. The van der Waals surface area contributed by atoms with Crippen molar-refractivity contribution in [3.8, 4) is 11.3 Å². The highest BCUT2D eigenvalue weighted by molar-refractivity contribution is 7.98. The molecule has 1 heterocycles. The lowest BCUT2D eigenvalue weighted by atomic mass is 10.1. The van der Waals surface area contributed by atoms with Gasteiger partial charge in [0.2, 0.25) is 0 Å². The van der Waals surface area contributed by atoms with E-state index in [-0.39, 0.29) is 0 Å². The van der Waals surface area contributed by atoms with Gasteiger partial charge < -0.3 is 0 Å². The van der Waals surface area contributed by atoms with Crippen molar-refractivity contribution in [2.75, 3.05) is 0 Å². The summed E-state index contributed by atoms with van der Waals surface area (Å²) in [5.41, 5.74) is 3.10. The third-order valence-electron chi connectivity index (χ3n) is 4.02. The molecule has 4 aromatic rings. The third-order valence-corrected chi connectivity index (χ3v) is 5.42. The van der Waals surface area contributed by atoms with Crippen molar-refractivity contribution >= 4 is 34.1 Å². The minimum Gasteiger partial charge on any atom is -0.149 e. The van der Waals surface area contributed by atoms with E-state index in [1.165, 1.54) is 0 Å². The van der Waals surface area contributed by atoms with E-state index in [4.69, 9.17) is 11.6 Å². The van der Waals surface area contributed by atoms with Crippen LogP contribution in [-0.2, 0) is 5.75 Å². The standard InChI is InChI=1S/C21H15ClN2S/c22-19-13-7-4-10-16(19)14-25-21-18-12-6-5-11-17(18)20(23-24-21)15-8-2-1-3-9-15/h1-13H,14H2.